The number of amides is 1. The number of carbonyl (C=O) groups is 1. The average Bonchev–Trinajstić information content (AvgIpc) is 2.61. The molecular weight excluding hydrogens is 308 g/mol. The summed E-state index contributed by atoms with van der Waals surface area (Å²) in [6.45, 7) is 8.66. The largest absolute Gasteiger partial charge is 0.326 e. The van der Waals surface area contributed by atoms with Gasteiger partial charge in [-0.3, -0.25) is 9.78 Å². The maximum Gasteiger partial charge on any atom is 0.228 e. The van der Waals surface area contributed by atoms with E-state index in [4.69, 9.17) is 0 Å². The van der Waals surface area contributed by atoms with Crippen molar-refractivity contribution in [3.05, 3.63) is 59.4 Å². The van der Waals surface area contributed by atoms with E-state index in [1.807, 2.05) is 18.5 Å². The van der Waals surface area contributed by atoms with Crippen LogP contribution >= 0.6 is 0 Å². The number of rotatable bonds is 3. The van der Waals surface area contributed by atoms with Gasteiger partial charge in [0, 0.05) is 24.0 Å². The second-order valence-corrected chi connectivity index (χ2v) is 7.61. The molecule has 1 aliphatic rings. The van der Waals surface area contributed by atoms with E-state index >= 15 is 0 Å². The molecule has 1 N–H and O–H groups in total. The van der Waals surface area contributed by atoms with Crippen LogP contribution in [0.4, 0.5) is 5.69 Å². The van der Waals surface area contributed by atoms with Crippen molar-refractivity contribution in [3.63, 3.8) is 0 Å². The highest BCUT2D eigenvalue weighted by molar-refractivity contribution is 5.93. The van der Waals surface area contributed by atoms with E-state index in [9.17, 15) is 4.79 Å². The number of aryl methyl sites for hydroxylation is 2. The summed E-state index contributed by atoms with van der Waals surface area (Å²) < 4.78 is 0. The van der Waals surface area contributed by atoms with Gasteiger partial charge in [-0.25, -0.2) is 0 Å². The molecule has 2 aromatic rings. The summed E-state index contributed by atoms with van der Waals surface area (Å²) in [4.78, 5) is 17.3. The number of anilines is 1. The number of benzene rings is 1. The zero-order valence-electron chi connectivity index (χ0n) is 15.6. The minimum Gasteiger partial charge on any atom is -0.326 e. The van der Waals surface area contributed by atoms with Crippen molar-refractivity contribution in [2.24, 2.45) is 17.8 Å². The van der Waals surface area contributed by atoms with Gasteiger partial charge < -0.3 is 5.32 Å². The van der Waals surface area contributed by atoms with Gasteiger partial charge in [-0.2, -0.15) is 0 Å². The van der Waals surface area contributed by atoms with Crippen molar-refractivity contribution in [3.8, 4) is 0 Å². The highest BCUT2D eigenvalue weighted by Gasteiger charge is 2.40. The van der Waals surface area contributed by atoms with E-state index < -0.39 is 0 Å². The van der Waals surface area contributed by atoms with Crippen LogP contribution in [0.3, 0.4) is 0 Å². The maximum absolute atomic E-state index is 13.2. The Bertz CT molecular complexity index is 741. The number of pyridine rings is 1. The minimum atomic E-state index is -0.00670. The lowest BCUT2D eigenvalue weighted by molar-refractivity contribution is -0.124. The fraction of sp³-hybridized carbons (Fsp3) is 0.455. The highest BCUT2D eigenvalue weighted by Crippen LogP contribution is 2.44. The maximum atomic E-state index is 13.2. The number of hydrogen-bond acceptors (Lipinski definition) is 2. The Morgan fingerprint density at radius 2 is 1.76 bits per heavy atom. The Morgan fingerprint density at radius 3 is 2.44 bits per heavy atom. The van der Waals surface area contributed by atoms with E-state index in [-0.39, 0.29) is 17.7 Å². The summed E-state index contributed by atoms with van der Waals surface area (Å²) in [5, 5.41) is 3.18. The molecule has 3 heteroatoms. The Labute approximate surface area is 150 Å². The molecule has 0 aliphatic heterocycles. The van der Waals surface area contributed by atoms with E-state index in [0.717, 1.165) is 12.1 Å². The summed E-state index contributed by atoms with van der Waals surface area (Å²) >= 11 is 0. The number of nitrogens with one attached hydrogen (secondary N) is 1. The van der Waals surface area contributed by atoms with Crippen LogP contribution in [0.2, 0.25) is 0 Å². The summed E-state index contributed by atoms with van der Waals surface area (Å²) in [5.74, 6) is 1.32. The van der Waals surface area contributed by atoms with Crippen molar-refractivity contribution in [2.45, 2.75) is 46.5 Å². The van der Waals surface area contributed by atoms with Crippen LogP contribution in [0.5, 0.6) is 0 Å². The van der Waals surface area contributed by atoms with Crippen molar-refractivity contribution >= 4 is 11.6 Å². The third-order valence-electron chi connectivity index (χ3n) is 6.04. The standard InChI is InChI=1S/C22H28N2O/c1-14-5-7-19(13-16(14)3)24-22(25)21-17(4)15(2)6-8-20(21)18-9-11-23-12-10-18/h5,7,9-13,15,17,20-21H,6,8H2,1-4H3,(H,24,25). The molecule has 0 saturated heterocycles. The molecule has 0 bridgehead atoms. The smallest absolute Gasteiger partial charge is 0.228 e. The summed E-state index contributed by atoms with van der Waals surface area (Å²) in [5.41, 5.74) is 4.57. The van der Waals surface area contributed by atoms with Gasteiger partial charge in [0.15, 0.2) is 0 Å². The number of hydrogen-bond donors (Lipinski definition) is 1. The van der Waals surface area contributed by atoms with Crippen LogP contribution in [0, 0.1) is 31.6 Å². The zero-order chi connectivity index (χ0) is 18.0. The molecule has 1 aliphatic carbocycles. The number of nitrogens with zero attached hydrogens (tertiary/aromatic N) is 1. The lowest BCUT2D eigenvalue weighted by Crippen LogP contribution is -2.39. The van der Waals surface area contributed by atoms with Gasteiger partial charge in [-0.1, -0.05) is 19.9 Å². The van der Waals surface area contributed by atoms with Gasteiger partial charge in [0.25, 0.3) is 0 Å². The molecule has 1 aromatic heterocycles. The molecule has 1 fully saturated rings. The highest BCUT2D eigenvalue weighted by atomic mass is 16.1. The molecule has 1 aromatic carbocycles. The predicted octanol–water partition coefficient (Wildman–Crippen LogP) is 5.10. The zero-order valence-corrected chi connectivity index (χ0v) is 15.6. The van der Waals surface area contributed by atoms with Gasteiger partial charge in [0.2, 0.25) is 5.91 Å². The molecule has 1 amide bonds. The summed E-state index contributed by atoms with van der Waals surface area (Å²) in [6.07, 6.45) is 5.88. The third-order valence-corrected chi connectivity index (χ3v) is 6.04. The minimum absolute atomic E-state index is 0.00670. The van der Waals surface area contributed by atoms with Crippen LogP contribution in [0.25, 0.3) is 0 Å². The van der Waals surface area contributed by atoms with E-state index in [0.29, 0.717) is 11.8 Å². The topological polar surface area (TPSA) is 42.0 Å². The number of carbonyl (C=O) groups excluding carboxylic acids is 1. The Balaban J connectivity index is 1.86. The average molecular weight is 336 g/mol. The first-order valence-electron chi connectivity index (χ1n) is 9.25. The van der Waals surface area contributed by atoms with Crippen LogP contribution in [-0.2, 0) is 4.79 Å². The van der Waals surface area contributed by atoms with Gasteiger partial charge in [-0.15, -0.1) is 0 Å². The second-order valence-electron chi connectivity index (χ2n) is 7.61. The first-order chi connectivity index (χ1) is 12.0. The molecule has 3 nitrogen and oxygen atoms in total. The van der Waals surface area contributed by atoms with Crippen LogP contribution < -0.4 is 5.32 Å². The first-order valence-corrected chi connectivity index (χ1v) is 9.25. The molecule has 1 heterocycles. The van der Waals surface area contributed by atoms with Gasteiger partial charge >= 0.3 is 0 Å². The fourth-order valence-electron chi connectivity index (χ4n) is 4.06. The molecular formula is C22H28N2O. The van der Waals surface area contributed by atoms with Gasteiger partial charge in [-0.05, 0) is 85.4 Å². The van der Waals surface area contributed by atoms with E-state index in [2.05, 4.69) is 62.3 Å². The van der Waals surface area contributed by atoms with Gasteiger partial charge in [0.05, 0.1) is 0 Å². The molecule has 3 rings (SSSR count). The van der Waals surface area contributed by atoms with E-state index in [1.54, 1.807) is 0 Å². The molecule has 0 spiro atoms. The van der Waals surface area contributed by atoms with Crippen molar-refractivity contribution in [2.75, 3.05) is 5.32 Å². The molecule has 1 saturated carbocycles. The monoisotopic (exact) mass is 336 g/mol. The SMILES string of the molecule is Cc1ccc(NC(=O)C2C(c3ccncc3)CCC(C)C2C)cc1C. The normalized spacial score (nSPS) is 26.2. The summed E-state index contributed by atoms with van der Waals surface area (Å²) in [7, 11) is 0. The van der Waals surface area contributed by atoms with Crippen molar-refractivity contribution < 1.29 is 4.79 Å². The van der Waals surface area contributed by atoms with Crippen LogP contribution in [-0.4, -0.2) is 10.9 Å². The lowest BCUT2D eigenvalue weighted by atomic mass is 9.65. The molecule has 132 valence electrons. The lowest BCUT2D eigenvalue weighted by Gasteiger charge is -2.39. The van der Waals surface area contributed by atoms with Crippen LogP contribution in [0.1, 0.15) is 49.3 Å². The Hall–Kier alpha value is -2.16. The predicted molar refractivity (Wildman–Crippen MR) is 103 cm³/mol. The fourth-order valence-corrected chi connectivity index (χ4v) is 4.06. The quantitative estimate of drug-likeness (QED) is 0.847. The van der Waals surface area contributed by atoms with Gasteiger partial charge in [0.1, 0.15) is 0 Å². The number of aromatic nitrogens is 1. The van der Waals surface area contributed by atoms with Crippen LogP contribution in [0.15, 0.2) is 42.7 Å². The summed E-state index contributed by atoms with van der Waals surface area (Å²) in [6, 6.07) is 10.2. The first kappa shape index (κ1) is 17.7. The van der Waals surface area contributed by atoms with Crippen molar-refractivity contribution in [1.82, 2.24) is 4.98 Å². The second kappa shape index (κ2) is 7.38. The Morgan fingerprint density at radius 1 is 1.04 bits per heavy atom. The molecule has 4 atom stereocenters. The molecule has 25 heavy (non-hydrogen) atoms. The molecule has 0 radical (unpaired) electrons. The third kappa shape index (κ3) is 3.76. The molecule has 4 unspecified atom stereocenters. The van der Waals surface area contributed by atoms with E-state index in [1.165, 1.54) is 23.1 Å². The Kier molecular flexibility index (Phi) is 5.22. The van der Waals surface area contributed by atoms with Crippen molar-refractivity contribution in [1.29, 1.82) is 0 Å².